The maximum absolute atomic E-state index is 13.1. The van der Waals surface area contributed by atoms with Crippen molar-refractivity contribution < 1.29 is 13.9 Å². The highest BCUT2D eigenvalue weighted by Gasteiger charge is 2.17. The minimum absolute atomic E-state index is 0.0590. The molecule has 1 unspecified atom stereocenters. The van der Waals surface area contributed by atoms with E-state index in [4.69, 9.17) is 4.74 Å². The van der Waals surface area contributed by atoms with Crippen LogP contribution in [-0.4, -0.2) is 25.2 Å². The molecular weight excluding hydrogens is 313 g/mol. The first-order valence-electron chi connectivity index (χ1n) is 6.29. The number of hydrogen-bond donors (Lipinski definition) is 1. The second-order valence-electron chi connectivity index (χ2n) is 4.61. The number of halogens is 2. The van der Waals surface area contributed by atoms with Crippen molar-refractivity contribution in [3.8, 4) is 0 Å². The summed E-state index contributed by atoms with van der Waals surface area (Å²) in [5, 5.41) is 2.91. The van der Waals surface area contributed by atoms with Gasteiger partial charge in [-0.25, -0.2) is 4.39 Å². The number of rotatable bonds is 6. The standard InChI is InChI=1S/C14H19BrFNO2/c1-4-19-8-13(9(2)3)17-14(18)10-5-6-12(16)11(15)7-10/h5-7,9,13H,4,8H2,1-3H3,(H,17,18). The maximum atomic E-state index is 13.1. The number of hydrogen-bond acceptors (Lipinski definition) is 2. The van der Waals surface area contributed by atoms with Gasteiger partial charge in [-0.3, -0.25) is 4.79 Å². The van der Waals surface area contributed by atoms with Crippen molar-refractivity contribution in [1.29, 1.82) is 0 Å². The van der Waals surface area contributed by atoms with Crippen molar-refractivity contribution in [1.82, 2.24) is 5.32 Å². The van der Waals surface area contributed by atoms with Crippen LogP contribution in [0.25, 0.3) is 0 Å². The summed E-state index contributed by atoms with van der Waals surface area (Å²) in [4.78, 5) is 12.1. The molecule has 0 spiro atoms. The second-order valence-corrected chi connectivity index (χ2v) is 5.47. The molecule has 1 N–H and O–H groups in total. The molecule has 5 heteroatoms. The van der Waals surface area contributed by atoms with Crippen LogP contribution in [0, 0.1) is 11.7 Å². The summed E-state index contributed by atoms with van der Waals surface area (Å²) in [6.45, 7) is 7.04. The molecule has 1 amide bonds. The summed E-state index contributed by atoms with van der Waals surface area (Å²) in [6.07, 6.45) is 0. The van der Waals surface area contributed by atoms with Crippen LogP contribution in [0.3, 0.4) is 0 Å². The second kappa shape index (κ2) is 7.60. The molecule has 0 aliphatic heterocycles. The molecule has 0 aliphatic carbocycles. The van der Waals surface area contributed by atoms with Gasteiger partial charge in [-0.1, -0.05) is 13.8 Å². The van der Waals surface area contributed by atoms with E-state index in [1.54, 1.807) is 0 Å². The smallest absolute Gasteiger partial charge is 0.251 e. The zero-order valence-corrected chi connectivity index (χ0v) is 13.0. The van der Waals surface area contributed by atoms with Crippen molar-refractivity contribution in [3.63, 3.8) is 0 Å². The van der Waals surface area contributed by atoms with E-state index in [0.29, 0.717) is 18.8 Å². The molecular formula is C14H19BrFNO2. The Balaban J connectivity index is 2.73. The van der Waals surface area contributed by atoms with Gasteiger partial charge in [0.15, 0.2) is 0 Å². The average Bonchev–Trinajstić information content (AvgIpc) is 2.37. The lowest BCUT2D eigenvalue weighted by Gasteiger charge is -2.22. The van der Waals surface area contributed by atoms with Crippen molar-refractivity contribution >= 4 is 21.8 Å². The monoisotopic (exact) mass is 331 g/mol. The fourth-order valence-electron chi connectivity index (χ4n) is 1.53. The summed E-state index contributed by atoms with van der Waals surface area (Å²) in [5.74, 6) is -0.343. The Morgan fingerprint density at radius 1 is 1.47 bits per heavy atom. The van der Waals surface area contributed by atoms with E-state index >= 15 is 0 Å². The van der Waals surface area contributed by atoms with Gasteiger partial charge in [0.05, 0.1) is 17.1 Å². The molecule has 19 heavy (non-hydrogen) atoms. The number of carbonyl (C=O) groups excluding carboxylic acids is 1. The third-order valence-corrected chi connectivity index (χ3v) is 3.41. The van der Waals surface area contributed by atoms with Crippen LogP contribution in [0.5, 0.6) is 0 Å². The molecule has 1 atom stereocenters. The molecule has 0 aromatic heterocycles. The van der Waals surface area contributed by atoms with E-state index in [1.807, 2.05) is 20.8 Å². The quantitative estimate of drug-likeness (QED) is 0.867. The number of benzene rings is 1. The van der Waals surface area contributed by atoms with Crippen molar-refractivity contribution in [3.05, 3.63) is 34.1 Å². The lowest BCUT2D eigenvalue weighted by atomic mass is 10.0. The van der Waals surface area contributed by atoms with Crippen LogP contribution in [0.4, 0.5) is 4.39 Å². The van der Waals surface area contributed by atoms with Crippen LogP contribution in [0.1, 0.15) is 31.1 Å². The van der Waals surface area contributed by atoms with E-state index in [0.717, 1.165) is 0 Å². The molecule has 0 saturated carbocycles. The van der Waals surface area contributed by atoms with Gasteiger partial charge in [0, 0.05) is 12.2 Å². The number of amides is 1. The molecule has 1 aromatic carbocycles. The predicted molar refractivity (Wildman–Crippen MR) is 76.7 cm³/mol. The molecule has 1 aromatic rings. The lowest BCUT2D eigenvalue weighted by Crippen LogP contribution is -2.41. The normalized spacial score (nSPS) is 12.5. The molecule has 0 radical (unpaired) electrons. The first-order chi connectivity index (χ1) is 8.95. The summed E-state index contributed by atoms with van der Waals surface area (Å²) in [6, 6.07) is 4.15. The first-order valence-corrected chi connectivity index (χ1v) is 7.08. The molecule has 0 saturated heterocycles. The fourth-order valence-corrected chi connectivity index (χ4v) is 1.91. The minimum Gasteiger partial charge on any atom is -0.380 e. The Hall–Kier alpha value is -0.940. The highest BCUT2D eigenvalue weighted by molar-refractivity contribution is 9.10. The number of nitrogens with one attached hydrogen (secondary N) is 1. The van der Waals surface area contributed by atoms with Gasteiger partial charge in [0.2, 0.25) is 0 Å². The van der Waals surface area contributed by atoms with E-state index in [-0.39, 0.29) is 28.2 Å². The summed E-state index contributed by atoms with van der Waals surface area (Å²) < 4.78 is 18.8. The van der Waals surface area contributed by atoms with Crippen LogP contribution < -0.4 is 5.32 Å². The van der Waals surface area contributed by atoms with Gasteiger partial charge in [0.1, 0.15) is 5.82 Å². The van der Waals surface area contributed by atoms with Crippen LogP contribution >= 0.6 is 15.9 Å². The number of ether oxygens (including phenoxy) is 1. The molecule has 3 nitrogen and oxygen atoms in total. The van der Waals surface area contributed by atoms with Gasteiger partial charge in [-0.2, -0.15) is 0 Å². The Morgan fingerprint density at radius 3 is 2.68 bits per heavy atom. The average molecular weight is 332 g/mol. The van der Waals surface area contributed by atoms with Gasteiger partial charge < -0.3 is 10.1 Å². The topological polar surface area (TPSA) is 38.3 Å². The minimum atomic E-state index is -0.383. The lowest BCUT2D eigenvalue weighted by molar-refractivity contribution is 0.0806. The van der Waals surface area contributed by atoms with E-state index < -0.39 is 0 Å². The fraction of sp³-hybridized carbons (Fsp3) is 0.500. The molecule has 0 heterocycles. The van der Waals surface area contributed by atoms with E-state index in [2.05, 4.69) is 21.2 Å². The molecule has 0 fully saturated rings. The van der Waals surface area contributed by atoms with Crippen LogP contribution in [0.2, 0.25) is 0 Å². The van der Waals surface area contributed by atoms with Crippen molar-refractivity contribution in [2.24, 2.45) is 5.92 Å². The van der Waals surface area contributed by atoms with E-state index in [9.17, 15) is 9.18 Å². The SMILES string of the molecule is CCOCC(NC(=O)c1ccc(F)c(Br)c1)C(C)C. The molecule has 0 bridgehead atoms. The van der Waals surface area contributed by atoms with Gasteiger partial charge in [-0.15, -0.1) is 0 Å². The van der Waals surface area contributed by atoms with Crippen molar-refractivity contribution in [2.75, 3.05) is 13.2 Å². The molecule has 1 rings (SSSR count). The summed E-state index contributed by atoms with van der Waals surface area (Å²) in [7, 11) is 0. The van der Waals surface area contributed by atoms with Gasteiger partial charge in [-0.05, 0) is 47.0 Å². The Morgan fingerprint density at radius 2 is 2.16 bits per heavy atom. The molecule has 0 aliphatic rings. The zero-order valence-electron chi connectivity index (χ0n) is 11.4. The third kappa shape index (κ3) is 4.91. The Labute approximate surface area is 121 Å². The number of carbonyl (C=O) groups is 1. The van der Waals surface area contributed by atoms with Crippen molar-refractivity contribution in [2.45, 2.75) is 26.8 Å². The summed E-state index contributed by atoms with van der Waals surface area (Å²) >= 11 is 3.07. The first kappa shape index (κ1) is 16.1. The third-order valence-electron chi connectivity index (χ3n) is 2.80. The highest BCUT2D eigenvalue weighted by atomic mass is 79.9. The Bertz CT molecular complexity index is 437. The van der Waals surface area contributed by atoms with Crippen LogP contribution in [0.15, 0.2) is 22.7 Å². The summed E-state index contributed by atoms with van der Waals surface area (Å²) in [5.41, 5.74) is 0.426. The Kier molecular flexibility index (Phi) is 6.45. The highest BCUT2D eigenvalue weighted by Crippen LogP contribution is 2.17. The van der Waals surface area contributed by atoms with Gasteiger partial charge in [0.25, 0.3) is 5.91 Å². The van der Waals surface area contributed by atoms with Crippen LogP contribution in [-0.2, 0) is 4.74 Å². The molecule has 106 valence electrons. The largest absolute Gasteiger partial charge is 0.380 e. The predicted octanol–water partition coefficient (Wildman–Crippen LogP) is 3.38. The van der Waals surface area contributed by atoms with E-state index in [1.165, 1.54) is 18.2 Å². The zero-order chi connectivity index (χ0) is 14.4. The van der Waals surface area contributed by atoms with Gasteiger partial charge >= 0.3 is 0 Å². The maximum Gasteiger partial charge on any atom is 0.251 e.